The number of aryl methyl sites for hydroxylation is 1. The Bertz CT molecular complexity index is 719. The molecule has 0 aromatic heterocycles. The van der Waals surface area contributed by atoms with Gasteiger partial charge in [-0.05, 0) is 29.7 Å². The third kappa shape index (κ3) is 4.55. The highest BCUT2D eigenvalue weighted by Gasteiger charge is 2.19. The molecule has 0 aliphatic rings. The maximum absolute atomic E-state index is 13.6. The molecule has 0 aliphatic heterocycles. The van der Waals surface area contributed by atoms with E-state index in [1.165, 1.54) is 19.2 Å². The van der Waals surface area contributed by atoms with E-state index in [0.717, 1.165) is 0 Å². The van der Waals surface area contributed by atoms with Crippen LogP contribution in [0.4, 0.5) is 4.39 Å². The van der Waals surface area contributed by atoms with Crippen molar-refractivity contribution in [2.75, 3.05) is 7.11 Å². The van der Waals surface area contributed by atoms with E-state index in [-0.39, 0.29) is 18.1 Å². The van der Waals surface area contributed by atoms with Gasteiger partial charge in [-0.25, -0.2) is 4.39 Å². The number of primary amides is 1. The first kappa shape index (κ1) is 17.5. The number of nitrogens with two attached hydrogens (primary N) is 1. The summed E-state index contributed by atoms with van der Waals surface area (Å²) in [5, 5.41) is 2.61. The predicted octanol–water partition coefficient (Wildman–Crippen LogP) is 2.11. The molecule has 0 aliphatic carbocycles. The quantitative estimate of drug-likeness (QED) is 0.816. The number of methoxy groups -OCH3 is 1. The Morgan fingerprint density at radius 2 is 1.92 bits per heavy atom. The summed E-state index contributed by atoms with van der Waals surface area (Å²) >= 11 is 0. The van der Waals surface area contributed by atoms with E-state index in [1.807, 2.05) is 6.07 Å². The second-order valence-corrected chi connectivity index (χ2v) is 5.28. The molecule has 2 rings (SSSR count). The van der Waals surface area contributed by atoms with E-state index < -0.39 is 17.8 Å². The zero-order chi connectivity index (χ0) is 17.5. The van der Waals surface area contributed by atoms with Gasteiger partial charge < -0.3 is 15.8 Å². The van der Waals surface area contributed by atoms with Crippen molar-refractivity contribution >= 4 is 11.8 Å². The van der Waals surface area contributed by atoms with Crippen LogP contribution in [-0.4, -0.2) is 18.9 Å². The van der Waals surface area contributed by atoms with Crippen molar-refractivity contribution in [1.82, 2.24) is 5.32 Å². The van der Waals surface area contributed by atoms with Crippen LogP contribution in [0.1, 0.15) is 23.6 Å². The third-order valence-electron chi connectivity index (χ3n) is 3.58. The van der Waals surface area contributed by atoms with Crippen LogP contribution in [0.5, 0.6) is 5.75 Å². The molecule has 6 heteroatoms. The molecule has 2 aromatic rings. The molecule has 3 N–H and O–H groups in total. The lowest BCUT2D eigenvalue weighted by atomic mass is 10.1. The zero-order valence-corrected chi connectivity index (χ0v) is 13.3. The number of benzene rings is 2. The van der Waals surface area contributed by atoms with Gasteiger partial charge in [0.25, 0.3) is 0 Å². The molecule has 126 valence electrons. The Labute approximate surface area is 139 Å². The fraction of sp³-hybridized carbons (Fsp3) is 0.222. The minimum absolute atomic E-state index is 0.113. The largest absolute Gasteiger partial charge is 0.494 e. The molecular formula is C18H19FN2O3. The van der Waals surface area contributed by atoms with Crippen molar-refractivity contribution in [3.8, 4) is 5.75 Å². The Kier molecular flexibility index (Phi) is 5.89. The van der Waals surface area contributed by atoms with Crippen molar-refractivity contribution in [3.05, 3.63) is 65.5 Å². The van der Waals surface area contributed by atoms with Crippen molar-refractivity contribution < 1.29 is 18.7 Å². The van der Waals surface area contributed by atoms with Crippen LogP contribution in [0.3, 0.4) is 0 Å². The number of carbonyl (C=O) groups is 2. The number of ether oxygens (including phenoxy) is 1. The van der Waals surface area contributed by atoms with E-state index in [2.05, 4.69) is 5.32 Å². The SMILES string of the molecule is COc1ccc(CCC(=O)NC(C(N)=O)c2ccccc2)cc1F. The number of hydrogen-bond acceptors (Lipinski definition) is 3. The van der Waals surface area contributed by atoms with Crippen LogP contribution >= 0.6 is 0 Å². The fourth-order valence-corrected chi connectivity index (χ4v) is 2.32. The molecule has 24 heavy (non-hydrogen) atoms. The summed E-state index contributed by atoms with van der Waals surface area (Å²) in [6.07, 6.45) is 0.454. The number of hydrogen-bond donors (Lipinski definition) is 2. The highest BCUT2D eigenvalue weighted by molar-refractivity contribution is 5.87. The van der Waals surface area contributed by atoms with Gasteiger partial charge in [0, 0.05) is 6.42 Å². The first-order valence-corrected chi connectivity index (χ1v) is 7.47. The summed E-state index contributed by atoms with van der Waals surface area (Å²) in [5.74, 6) is -1.29. The van der Waals surface area contributed by atoms with Gasteiger partial charge in [0.15, 0.2) is 11.6 Å². The summed E-state index contributed by atoms with van der Waals surface area (Å²) in [5.41, 5.74) is 6.64. The van der Waals surface area contributed by atoms with E-state index in [4.69, 9.17) is 10.5 Å². The smallest absolute Gasteiger partial charge is 0.244 e. The molecule has 0 heterocycles. The predicted molar refractivity (Wildman–Crippen MR) is 87.8 cm³/mol. The highest BCUT2D eigenvalue weighted by atomic mass is 19.1. The van der Waals surface area contributed by atoms with Gasteiger partial charge in [-0.15, -0.1) is 0 Å². The van der Waals surface area contributed by atoms with Gasteiger partial charge in [-0.3, -0.25) is 9.59 Å². The molecule has 0 radical (unpaired) electrons. The topological polar surface area (TPSA) is 81.4 Å². The molecular weight excluding hydrogens is 311 g/mol. The van der Waals surface area contributed by atoms with Crippen molar-refractivity contribution in [2.24, 2.45) is 5.73 Å². The Morgan fingerprint density at radius 3 is 2.50 bits per heavy atom. The molecule has 0 spiro atoms. The second-order valence-electron chi connectivity index (χ2n) is 5.28. The van der Waals surface area contributed by atoms with Crippen LogP contribution in [0.15, 0.2) is 48.5 Å². The van der Waals surface area contributed by atoms with Crippen LogP contribution in [0.25, 0.3) is 0 Å². The second kappa shape index (κ2) is 8.10. The Morgan fingerprint density at radius 1 is 1.21 bits per heavy atom. The summed E-state index contributed by atoms with van der Waals surface area (Å²) in [6, 6.07) is 12.4. The van der Waals surface area contributed by atoms with Gasteiger partial charge >= 0.3 is 0 Å². The van der Waals surface area contributed by atoms with Crippen LogP contribution in [-0.2, 0) is 16.0 Å². The van der Waals surface area contributed by atoms with Gasteiger partial charge in [0.2, 0.25) is 11.8 Å². The maximum Gasteiger partial charge on any atom is 0.244 e. The lowest BCUT2D eigenvalue weighted by Crippen LogP contribution is -2.37. The van der Waals surface area contributed by atoms with Gasteiger partial charge in [-0.2, -0.15) is 0 Å². The van der Waals surface area contributed by atoms with E-state index in [9.17, 15) is 14.0 Å². The molecule has 0 saturated carbocycles. The lowest BCUT2D eigenvalue weighted by molar-refractivity contribution is -0.127. The summed E-state index contributed by atoms with van der Waals surface area (Å²) in [4.78, 5) is 23.6. The normalized spacial score (nSPS) is 11.6. The summed E-state index contributed by atoms with van der Waals surface area (Å²) < 4.78 is 18.5. The molecule has 2 amide bonds. The molecule has 0 bridgehead atoms. The van der Waals surface area contributed by atoms with Crippen molar-refractivity contribution in [3.63, 3.8) is 0 Å². The average Bonchev–Trinajstić information content (AvgIpc) is 2.58. The van der Waals surface area contributed by atoms with E-state index >= 15 is 0 Å². The van der Waals surface area contributed by atoms with Crippen LogP contribution < -0.4 is 15.8 Å². The molecule has 1 unspecified atom stereocenters. The number of carbonyl (C=O) groups excluding carboxylic acids is 2. The van der Waals surface area contributed by atoms with Gasteiger partial charge in [0.05, 0.1) is 7.11 Å². The maximum atomic E-state index is 13.6. The third-order valence-corrected chi connectivity index (χ3v) is 3.58. The minimum Gasteiger partial charge on any atom is -0.494 e. The molecule has 0 saturated heterocycles. The highest BCUT2D eigenvalue weighted by Crippen LogP contribution is 2.19. The van der Waals surface area contributed by atoms with Crippen LogP contribution in [0, 0.1) is 5.82 Å². The number of rotatable bonds is 7. The first-order valence-electron chi connectivity index (χ1n) is 7.47. The number of halogens is 1. The first-order chi connectivity index (χ1) is 11.5. The van der Waals surface area contributed by atoms with Crippen molar-refractivity contribution in [2.45, 2.75) is 18.9 Å². The van der Waals surface area contributed by atoms with E-state index in [0.29, 0.717) is 17.5 Å². The molecule has 1 atom stereocenters. The van der Waals surface area contributed by atoms with Crippen molar-refractivity contribution in [1.29, 1.82) is 0 Å². The summed E-state index contributed by atoms with van der Waals surface area (Å²) in [7, 11) is 1.39. The zero-order valence-electron chi connectivity index (χ0n) is 13.3. The van der Waals surface area contributed by atoms with Gasteiger partial charge in [-0.1, -0.05) is 36.4 Å². The number of nitrogens with one attached hydrogen (secondary N) is 1. The minimum atomic E-state index is -0.883. The Hall–Kier alpha value is -2.89. The molecule has 5 nitrogen and oxygen atoms in total. The fourth-order valence-electron chi connectivity index (χ4n) is 2.32. The average molecular weight is 330 g/mol. The standard InChI is InChI=1S/C18H19FN2O3/c1-24-15-9-7-12(11-14(15)19)8-10-16(22)21-17(18(20)23)13-5-3-2-4-6-13/h2-7,9,11,17H,8,10H2,1H3,(H2,20,23)(H,21,22). The van der Waals surface area contributed by atoms with Crippen LogP contribution in [0.2, 0.25) is 0 Å². The monoisotopic (exact) mass is 330 g/mol. The number of amides is 2. The van der Waals surface area contributed by atoms with Gasteiger partial charge in [0.1, 0.15) is 6.04 Å². The summed E-state index contributed by atoms with van der Waals surface area (Å²) in [6.45, 7) is 0. The van der Waals surface area contributed by atoms with E-state index in [1.54, 1.807) is 30.3 Å². The molecule has 0 fully saturated rings. The molecule has 2 aromatic carbocycles. The Balaban J connectivity index is 1.97. The lowest BCUT2D eigenvalue weighted by Gasteiger charge is -2.16.